The molecule has 6 nitrogen and oxygen atoms in total. The highest BCUT2D eigenvalue weighted by molar-refractivity contribution is 7.90. The van der Waals surface area contributed by atoms with Crippen molar-refractivity contribution in [2.24, 2.45) is 4.99 Å². The molecular formula is C25H26N4O2S. The second-order valence-corrected chi connectivity index (χ2v) is 10.8. The van der Waals surface area contributed by atoms with Gasteiger partial charge in [-0.15, -0.1) is 0 Å². The zero-order valence-electron chi connectivity index (χ0n) is 18.5. The fraction of sp³-hybridized carbons (Fsp3) is 0.320. The summed E-state index contributed by atoms with van der Waals surface area (Å²) in [5, 5.41) is 3.38. The lowest BCUT2D eigenvalue weighted by Gasteiger charge is -2.16. The molecule has 0 unspecified atom stereocenters. The number of benzene rings is 1. The quantitative estimate of drug-likeness (QED) is 0.573. The van der Waals surface area contributed by atoms with Gasteiger partial charge in [0.25, 0.3) is 0 Å². The number of nitrogens with zero attached hydrogens (tertiary/aromatic N) is 3. The van der Waals surface area contributed by atoms with Gasteiger partial charge in [-0.1, -0.05) is 12.1 Å². The summed E-state index contributed by atoms with van der Waals surface area (Å²) < 4.78 is 25.2. The fourth-order valence-electron chi connectivity index (χ4n) is 4.20. The van der Waals surface area contributed by atoms with Crippen LogP contribution < -0.4 is 5.32 Å². The van der Waals surface area contributed by atoms with E-state index >= 15 is 0 Å². The smallest absolute Gasteiger partial charge is 0.177 e. The van der Waals surface area contributed by atoms with E-state index < -0.39 is 9.84 Å². The number of aryl methyl sites for hydroxylation is 1. The highest BCUT2D eigenvalue weighted by Gasteiger charge is 2.26. The van der Waals surface area contributed by atoms with E-state index in [2.05, 4.69) is 15.3 Å². The van der Waals surface area contributed by atoms with Crippen LogP contribution in [0.2, 0.25) is 0 Å². The van der Waals surface area contributed by atoms with Crippen molar-refractivity contribution < 1.29 is 8.42 Å². The van der Waals surface area contributed by atoms with Gasteiger partial charge in [0.1, 0.15) is 5.69 Å². The van der Waals surface area contributed by atoms with Crippen molar-refractivity contribution in [1.82, 2.24) is 9.97 Å². The van der Waals surface area contributed by atoms with Crippen LogP contribution in [0.25, 0.3) is 0 Å². The molecule has 7 heteroatoms. The normalized spacial score (nSPS) is 15.4. The van der Waals surface area contributed by atoms with Crippen LogP contribution in [0.5, 0.6) is 0 Å². The molecule has 0 spiro atoms. The number of hydrogen-bond acceptors (Lipinski definition) is 6. The predicted molar refractivity (Wildman–Crippen MR) is 127 cm³/mol. The Kier molecular flexibility index (Phi) is 5.08. The lowest BCUT2D eigenvalue weighted by molar-refractivity contribution is 0.602. The number of nitrogens with one attached hydrogen (secondary N) is 1. The van der Waals surface area contributed by atoms with Crippen molar-refractivity contribution in [3.05, 3.63) is 70.8 Å². The summed E-state index contributed by atoms with van der Waals surface area (Å²) in [6.07, 6.45) is 4.80. The highest BCUT2D eigenvalue weighted by Crippen LogP contribution is 2.43. The minimum atomic E-state index is -3.39. The first-order valence-electron chi connectivity index (χ1n) is 10.9. The third-order valence-corrected chi connectivity index (χ3v) is 7.01. The molecule has 1 fully saturated rings. The van der Waals surface area contributed by atoms with Gasteiger partial charge < -0.3 is 5.32 Å². The minimum Gasteiger partial charge on any atom is -0.353 e. The van der Waals surface area contributed by atoms with E-state index in [9.17, 15) is 8.42 Å². The Morgan fingerprint density at radius 2 is 1.81 bits per heavy atom. The van der Waals surface area contributed by atoms with Crippen LogP contribution in [0.4, 0.5) is 17.1 Å². The third kappa shape index (κ3) is 4.30. The Morgan fingerprint density at radius 1 is 1.00 bits per heavy atom. The number of pyridine rings is 2. The maximum Gasteiger partial charge on any atom is 0.177 e. The number of sulfone groups is 1. The molecule has 1 aliphatic heterocycles. The Bertz CT molecular complexity index is 1360. The number of aliphatic imine (C=N–C) groups is 1. The van der Waals surface area contributed by atoms with Crippen molar-refractivity contribution >= 4 is 32.6 Å². The summed E-state index contributed by atoms with van der Waals surface area (Å²) in [7, 11) is -3.39. The van der Waals surface area contributed by atoms with Crippen molar-refractivity contribution in [3.8, 4) is 0 Å². The summed E-state index contributed by atoms with van der Waals surface area (Å²) in [6, 6.07) is 13.7. The molecule has 1 aromatic carbocycles. The first-order chi connectivity index (χ1) is 15.3. The molecule has 1 saturated carbocycles. The molecule has 3 heterocycles. The Morgan fingerprint density at radius 3 is 2.53 bits per heavy atom. The second-order valence-electron chi connectivity index (χ2n) is 8.85. The number of rotatable bonds is 6. The van der Waals surface area contributed by atoms with Gasteiger partial charge in [0.05, 0.1) is 22.0 Å². The first-order valence-corrected chi connectivity index (χ1v) is 12.8. The van der Waals surface area contributed by atoms with E-state index in [1.165, 1.54) is 6.26 Å². The van der Waals surface area contributed by atoms with E-state index in [-0.39, 0.29) is 0 Å². The van der Waals surface area contributed by atoms with Crippen molar-refractivity contribution in [2.75, 3.05) is 11.6 Å². The second kappa shape index (κ2) is 7.81. The van der Waals surface area contributed by atoms with Gasteiger partial charge in [-0.3, -0.25) is 15.0 Å². The van der Waals surface area contributed by atoms with E-state index in [4.69, 9.17) is 4.98 Å². The molecule has 0 atom stereocenters. The highest BCUT2D eigenvalue weighted by atomic mass is 32.2. The minimum absolute atomic E-state index is 0.327. The van der Waals surface area contributed by atoms with Crippen LogP contribution in [-0.2, 0) is 22.7 Å². The first kappa shape index (κ1) is 20.8. The van der Waals surface area contributed by atoms with Crippen LogP contribution >= 0.6 is 0 Å². The molecule has 164 valence electrons. The Labute approximate surface area is 188 Å². The largest absolute Gasteiger partial charge is 0.353 e. The zero-order chi connectivity index (χ0) is 22.5. The lowest BCUT2D eigenvalue weighted by Crippen LogP contribution is -2.06. The van der Waals surface area contributed by atoms with Crippen molar-refractivity contribution in [3.63, 3.8) is 0 Å². The summed E-state index contributed by atoms with van der Waals surface area (Å²) in [5.74, 6) is 0.482. The van der Waals surface area contributed by atoms with Crippen molar-refractivity contribution in [1.29, 1.82) is 0 Å². The predicted octanol–water partition coefficient (Wildman–Crippen LogP) is 5.05. The van der Waals surface area contributed by atoms with E-state index in [1.54, 1.807) is 0 Å². The maximum atomic E-state index is 12.6. The molecule has 3 aromatic rings. The van der Waals surface area contributed by atoms with Gasteiger partial charge in [-0.2, -0.15) is 0 Å². The molecule has 0 radical (unpaired) electrons. The molecule has 1 N–H and O–H groups in total. The molecule has 32 heavy (non-hydrogen) atoms. The molecule has 0 amide bonds. The Balaban J connectivity index is 1.55. The topological polar surface area (TPSA) is 84.3 Å². The molecule has 0 bridgehead atoms. The van der Waals surface area contributed by atoms with E-state index in [0.29, 0.717) is 29.3 Å². The summed E-state index contributed by atoms with van der Waals surface area (Å²) >= 11 is 0. The molecular weight excluding hydrogens is 420 g/mol. The summed E-state index contributed by atoms with van der Waals surface area (Å²) in [4.78, 5) is 14.4. The summed E-state index contributed by atoms with van der Waals surface area (Å²) in [5.41, 5.74) is 7.93. The maximum absolute atomic E-state index is 12.6. The monoisotopic (exact) mass is 446 g/mol. The number of hydrogen-bond donors (Lipinski definition) is 1. The molecule has 1 aliphatic carbocycles. The number of anilines is 2. The number of aromatic nitrogens is 2. The fourth-order valence-corrected chi connectivity index (χ4v) is 5.07. The van der Waals surface area contributed by atoms with Gasteiger partial charge in [-0.25, -0.2) is 8.42 Å². The Hall–Kier alpha value is -3.06. The van der Waals surface area contributed by atoms with Gasteiger partial charge in [0.2, 0.25) is 0 Å². The molecule has 2 aromatic heterocycles. The average Bonchev–Trinajstić information content (AvgIpc) is 3.49. The molecule has 0 saturated heterocycles. The molecule has 2 aliphatic rings. The van der Waals surface area contributed by atoms with Crippen LogP contribution in [0, 0.1) is 6.92 Å². The van der Waals surface area contributed by atoms with Crippen molar-refractivity contribution in [2.45, 2.75) is 50.3 Å². The average molecular weight is 447 g/mol. The lowest BCUT2D eigenvalue weighted by atomic mass is 10.1. The molecule has 5 rings (SSSR count). The van der Waals surface area contributed by atoms with Gasteiger partial charge in [-0.05, 0) is 68.5 Å². The van der Waals surface area contributed by atoms with Crippen LogP contribution in [0.1, 0.15) is 54.0 Å². The van der Waals surface area contributed by atoms with Gasteiger partial charge in [0, 0.05) is 41.9 Å². The standard InChI is InChI=1S/C25H26N4O2S/c1-15-5-4-6-19(26-15)13-20-14-23(25-22(28-20)11-16(2)27-25)29-21-10-9-18(17-7-8-17)12-24(21)32(3,30)31/h4-6,9-10,12,14,17H,7-8,11,13H2,1-3H3,(H,28,29). The zero-order valence-corrected chi connectivity index (χ0v) is 19.3. The van der Waals surface area contributed by atoms with Crippen LogP contribution in [0.3, 0.4) is 0 Å². The summed E-state index contributed by atoms with van der Waals surface area (Å²) in [6.45, 7) is 3.96. The third-order valence-electron chi connectivity index (χ3n) is 5.88. The van der Waals surface area contributed by atoms with Crippen LogP contribution in [-0.4, -0.2) is 30.4 Å². The van der Waals surface area contributed by atoms with E-state index in [0.717, 1.165) is 58.3 Å². The van der Waals surface area contributed by atoms with Gasteiger partial charge >= 0.3 is 0 Å². The van der Waals surface area contributed by atoms with Gasteiger partial charge in [0.15, 0.2) is 9.84 Å². The van der Waals surface area contributed by atoms with Crippen LogP contribution in [0.15, 0.2) is 52.4 Å². The SMILES string of the molecule is CC1=Nc2c(Nc3ccc(C4CC4)cc3S(C)(=O)=O)cc(Cc3cccc(C)n3)nc2C1. The van der Waals surface area contributed by atoms with E-state index in [1.807, 2.05) is 56.3 Å². The number of fused-ring (bicyclic) bond motifs is 1.